The highest BCUT2D eigenvalue weighted by Gasteiger charge is 2.25. The number of rotatable bonds is 8. The molecule has 2 fully saturated rings. The maximum atomic E-state index is 12.1. The molecule has 5 heteroatoms. The van der Waals surface area contributed by atoms with Crippen LogP contribution in [0.15, 0.2) is 66.9 Å². The first-order valence-electron chi connectivity index (χ1n) is 12.0. The average Bonchev–Trinajstić information content (AvgIpc) is 3.55. The molecular formula is C27H32N4O. The summed E-state index contributed by atoms with van der Waals surface area (Å²) in [7, 11) is 0. The Morgan fingerprint density at radius 2 is 1.75 bits per heavy atom. The minimum atomic E-state index is 0.236. The number of amides is 1. The zero-order valence-electron chi connectivity index (χ0n) is 18.6. The quantitative estimate of drug-likeness (QED) is 0.560. The van der Waals surface area contributed by atoms with Gasteiger partial charge in [-0.2, -0.15) is 5.10 Å². The van der Waals surface area contributed by atoms with Crippen LogP contribution in [0.2, 0.25) is 0 Å². The van der Waals surface area contributed by atoms with Crippen molar-refractivity contribution in [2.45, 2.75) is 51.1 Å². The molecular weight excluding hydrogens is 396 g/mol. The third-order valence-electron chi connectivity index (χ3n) is 6.58. The average molecular weight is 429 g/mol. The van der Waals surface area contributed by atoms with Crippen LogP contribution in [-0.2, 0) is 11.3 Å². The largest absolute Gasteiger partial charge is 0.353 e. The van der Waals surface area contributed by atoms with Crippen LogP contribution in [0.4, 0.5) is 0 Å². The van der Waals surface area contributed by atoms with E-state index in [0.717, 1.165) is 55.8 Å². The minimum Gasteiger partial charge on any atom is -0.353 e. The number of piperidine rings is 1. The van der Waals surface area contributed by atoms with Crippen LogP contribution in [-0.4, -0.2) is 39.7 Å². The van der Waals surface area contributed by atoms with E-state index < -0.39 is 0 Å². The topological polar surface area (TPSA) is 50.2 Å². The lowest BCUT2D eigenvalue weighted by molar-refractivity contribution is -0.121. The van der Waals surface area contributed by atoms with Crippen LogP contribution in [0.3, 0.4) is 0 Å². The Morgan fingerprint density at radius 3 is 2.50 bits per heavy atom. The number of likely N-dealkylation sites (tertiary alicyclic amines) is 1. The van der Waals surface area contributed by atoms with E-state index in [-0.39, 0.29) is 5.91 Å². The number of nitrogens with one attached hydrogen (secondary N) is 1. The molecule has 1 aliphatic heterocycles. The van der Waals surface area contributed by atoms with Crippen LogP contribution in [0.1, 0.15) is 44.1 Å². The van der Waals surface area contributed by atoms with Crippen molar-refractivity contribution in [1.82, 2.24) is 20.0 Å². The molecule has 0 radical (unpaired) electrons. The van der Waals surface area contributed by atoms with Gasteiger partial charge in [0, 0.05) is 42.9 Å². The number of benzene rings is 2. The molecule has 1 aliphatic carbocycles. The normalized spacial score (nSPS) is 19.1. The van der Waals surface area contributed by atoms with E-state index in [1.54, 1.807) is 0 Å². The predicted molar refractivity (Wildman–Crippen MR) is 127 cm³/mol. The predicted octanol–water partition coefficient (Wildman–Crippen LogP) is 4.81. The monoisotopic (exact) mass is 428 g/mol. The molecule has 2 aliphatic rings. The maximum absolute atomic E-state index is 12.1. The Bertz CT molecular complexity index is 1030. The second kappa shape index (κ2) is 9.70. The number of nitrogens with zero attached hydrogens (tertiary/aromatic N) is 3. The fraction of sp³-hybridized carbons (Fsp3) is 0.407. The fourth-order valence-corrected chi connectivity index (χ4v) is 4.71. The number of aromatic nitrogens is 2. The van der Waals surface area contributed by atoms with Crippen molar-refractivity contribution in [2.24, 2.45) is 5.92 Å². The van der Waals surface area contributed by atoms with E-state index in [1.165, 1.54) is 18.4 Å². The van der Waals surface area contributed by atoms with Gasteiger partial charge >= 0.3 is 0 Å². The van der Waals surface area contributed by atoms with Crippen LogP contribution in [0.5, 0.6) is 0 Å². The van der Waals surface area contributed by atoms with Gasteiger partial charge in [-0.1, -0.05) is 48.5 Å². The summed E-state index contributed by atoms with van der Waals surface area (Å²) < 4.78 is 2.00. The zero-order chi connectivity index (χ0) is 21.8. The number of carbonyl (C=O) groups is 1. The van der Waals surface area contributed by atoms with E-state index in [0.29, 0.717) is 18.4 Å². The lowest BCUT2D eigenvalue weighted by Crippen LogP contribution is -2.35. The standard InChI is InChI=1S/C27H32N4O/c32-26(28-24-14-15-24)16-13-21-8-7-17-30(18-21)19-23-20-31(25-11-5-2-6-12-25)29-27(23)22-9-3-1-4-10-22/h1-6,9-12,20-21,24H,7-8,13-19H2,(H,28,32)/t21-/m0/s1. The first-order valence-corrected chi connectivity index (χ1v) is 12.0. The lowest BCUT2D eigenvalue weighted by Gasteiger charge is -2.32. The van der Waals surface area contributed by atoms with Crippen molar-refractivity contribution in [3.63, 3.8) is 0 Å². The molecule has 1 aromatic heterocycles. The van der Waals surface area contributed by atoms with Crippen LogP contribution >= 0.6 is 0 Å². The molecule has 0 bridgehead atoms. The summed E-state index contributed by atoms with van der Waals surface area (Å²) in [4.78, 5) is 14.7. The minimum absolute atomic E-state index is 0.236. The van der Waals surface area contributed by atoms with E-state index in [2.05, 4.69) is 52.8 Å². The van der Waals surface area contributed by atoms with E-state index in [1.807, 2.05) is 28.9 Å². The van der Waals surface area contributed by atoms with Crippen molar-refractivity contribution in [2.75, 3.05) is 13.1 Å². The van der Waals surface area contributed by atoms with Gasteiger partial charge in [0.1, 0.15) is 0 Å². The van der Waals surface area contributed by atoms with Gasteiger partial charge in [-0.25, -0.2) is 4.68 Å². The second-order valence-corrected chi connectivity index (χ2v) is 9.27. The van der Waals surface area contributed by atoms with Crippen molar-refractivity contribution in [3.8, 4) is 16.9 Å². The molecule has 5 nitrogen and oxygen atoms in total. The summed E-state index contributed by atoms with van der Waals surface area (Å²) in [5, 5.41) is 8.09. The Labute approximate surface area is 190 Å². The van der Waals surface area contributed by atoms with Gasteiger partial charge in [0.15, 0.2) is 0 Å². The number of para-hydroxylation sites is 1. The molecule has 32 heavy (non-hydrogen) atoms. The Kier molecular flexibility index (Phi) is 6.35. The molecule has 1 amide bonds. The number of hydrogen-bond donors (Lipinski definition) is 1. The lowest BCUT2D eigenvalue weighted by atomic mass is 9.93. The van der Waals surface area contributed by atoms with Crippen molar-refractivity contribution in [3.05, 3.63) is 72.4 Å². The highest BCUT2D eigenvalue weighted by atomic mass is 16.1. The molecule has 1 atom stereocenters. The van der Waals surface area contributed by atoms with Gasteiger partial charge in [-0.15, -0.1) is 0 Å². The SMILES string of the molecule is O=C(CC[C@@H]1CCCN(Cc2cn(-c3ccccc3)nc2-c2ccccc2)C1)NC1CC1. The molecule has 0 spiro atoms. The smallest absolute Gasteiger partial charge is 0.220 e. The van der Waals surface area contributed by atoms with E-state index in [4.69, 9.17) is 5.10 Å². The Hall–Kier alpha value is -2.92. The summed E-state index contributed by atoms with van der Waals surface area (Å²) in [6.07, 6.45) is 8.57. The molecule has 166 valence electrons. The van der Waals surface area contributed by atoms with Gasteiger partial charge < -0.3 is 5.32 Å². The molecule has 3 aromatic rings. The highest BCUT2D eigenvalue weighted by Crippen LogP contribution is 2.28. The van der Waals surface area contributed by atoms with Crippen LogP contribution < -0.4 is 5.32 Å². The molecule has 1 N–H and O–H groups in total. The van der Waals surface area contributed by atoms with Crippen molar-refractivity contribution in [1.29, 1.82) is 0 Å². The molecule has 2 aromatic carbocycles. The molecule has 0 unspecified atom stereocenters. The van der Waals surface area contributed by atoms with Gasteiger partial charge in [-0.05, 0) is 56.7 Å². The van der Waals surface area contributed by atoms with E-state index in [9.17, 15) is 4.79 Å². The zero-order valence-corrected chi connectivity index (χ0v) is 18.6. The fourth-order valence-electron chi connectivity index (χ4n) is 4.71. The van der Waals surface area contributed by atoms with Gasteiger partial charge in [0.25, 0.3) is 0 Å². The van der Waals surface area contributed by atoms with Crippen molar-refractivity contribution >= 4 is 5.91 Å². The van der Waals surface area contributed by atoms with Crippen LogP contribution in [0.25, 0.3) is 16.9 Å². The molecule has 1 saturated carbocycles. The summed E-state index contributed by atoms with van der Waals surface area (Å²) in [6, 6.07) is 21.2. The van der Waals surface area contributed by atoms with Crippen LogP contribution in [0, 0.1) is 5.92 Å². The maximum Gasteiger partial charge on any atom is 0.220 e. The third-order valence-corrected chi connectivity index (χ3v) is 6.58. The van der Waals surface area contributed by atoms with Gasteiger partial charge in [0.05, 0.1) is 11.4 Å². The second-order valence-electron chi connectivity index (χ2n) is 9.27. The summed E-state index contributed by atoms with van der Waals surface area (Å²) in [5.74, 6) is 0.832. The summed E-state index contributed by atoms with van der Waals surface area (Å²) in [5.41, 5.74) is 4.55. The third kappa shape index (κ3) is 5.28. The Morgan fingerprint density at radius 1 is 1.00 bits per heavy atom. The number of hydrogen-bond acceptors (Lipinski definition) is 3. The first kappa shape index (κ1) is 21.0. The molecule has 2 heterocycles. The summed E-state index contributed by atoms with van der Waals surface area (Å²) in [6.45, 7) is 3.05. The summed E-state index contributed by atoms with van der Waals surface area (Å²) >= 11 is 0. The van der Waals surface area contributed by atoms with Crippen molar-refractivity contribution < 1.29 is 4.79 Å². The first-order chi connectivity index (χ1) is 15.7. The number of carbonyl (C=O) groups excluding carboxylic acids is 1. The van der Waals surface area contributed by atoms with Gasteiger partial charge in [-0.3, -0.25) is 9.69 Å². The Balaban J connectivity index is 1.29. The molecule has 5 rings (SSSR count). The van der Waals surface area contributed by atoms with E-state index >= 15 is 0 Å². The van der Waals surface area contributed by atoms with Gasteiger partial charge in [0.2, 0.25) is 5.91 Å². The highest BCUT2D eigenvalue weighted by molar-refractivity contribution is 5.76. The molecule has 1 saturated heterocycles.